The molecule has 0 aliphatic carbocycles. The third kappa shape index (κ3) is 4.14. The molecule has 0 amide bonds. The Morgan fingerprint density at radius 1 is 0.912 bits per heavy atom. The number of nitrogens with zero attached hydrogens (tertiary/aromatic N) is 5. The third-order valence-electron chi connectivity index (χ3n) is 5.42. The maximum atomic E-state index is 9.00. The standard InChI is InChI=1S/C26H21N7O/c1-15-10-20(19-7-4-17(3)28-13-19)11-16(2)23(15)34-25-22-24(30-14-29-22)32-26(33-25)31-21-8-5-18(12-27)6-9-21/h4-11,13-14H,1-3H3,(H2,29,30,31,32,33). The number of benzene rings is 2. The maximum absolute atomic E-state index is 9.00. The zero-order valence-electron chi connectivity index (χ0n) is 18.9. The number of rotatable bonds is 5. The van der Waals surface area contributed by atoms with E-state index in [9.17, 15) is 0 Å². The highest BCUT2D eigenvalue weighted by Gasteiger charge is 2.16. The molecule has 166 valence electrons. The number of fused-ring (bicyclic) bond motifs is 1. The molecule has 0 aliphatic rings. The van der Waals surface area contributed by atoms with Crippen molar-refractivity contribution in [2.24, 2.45) is 0 Å². The van der Waals surface area contributed by atoms with Crippen molar-refractivity contribution in [3.05, 3.63) is 83.4 Å². The van der Waals surface area contributed by atoms with Crippen molar-refractivity contribution in [2.75, 3.05) is 5.32 Å². The summed E-state index contributed by atoms with van der Waals surface area (Å²) in [6, 6.07) is 17.4. The molecule has 0 radical (unpaired) electrons. The number of ether oxygens (including phenoxy) is 1. The van der Waals surface area contributed by atoms with Gasteiger partial charge in [0.25, 0.3) is 5.88 Å². The lowest BCUT2D eigenvalue weighted by molar-refractivity contribution is 0.461. The molecule has 34 heavy (non-hydrogen) atoms. The summed E-state index contributed by atoms with van der Waals surface area (Å²) in [5.74, 6) is 1.42. The number of anilines is 2. The van der Waals surface area contributed by atoms with Crippen molar-refractivity contribution in [2.45, 2.75) is 20.8 Å². The molecule has 8 nitrogen and oxygen atoms in total. The normalized spacial score (nSPS) is 10.8. The van der Waals surface area contributed by atoms with Crippen LogP contribution in [0.4, 0.5) is 11.6 Å². The van der Waals surface area contributed by atoms with Crippen LogP contribution in [0.1, 0.15) is 22.4 Å². The molecule has 5 aromatic rings. The van der Waals surface area contributed by atoms with Gasteiger partial charge < -0.3 is 15.0 Å². The van der Waals surface area contributed by atoms with Crippen LogP contribution in [0.5, 0.6) is 11.6 Å². The summed E-state index contributed by atoms with van der Waals surface area (Å²) < 4.78 is 6.30. The van der Waals surface area contributed by atoms with Crippen molar-refractivity contribution < 1.29 is 4.74 Å². The van der Waals surface area contributed by atoms with E-state index < -0.39 is 0 Å². The van der Waals surface area contributed by atoms with Crippen LogP contribution in [0.25, 0.3) is 22.3 Å². The van der Waals surface area contributed by atoms with E-state index in [-0.39, 0.29) is 0 Å². The molecule has 0 spiro atoms. The highest BCUT2D eigenvalue weighted by atomic mass is 16.5. The van der Waals surface area contributed by atoms with E-state index in [1.54, 1.807) is 30.6 Å². The minimum absolute atomic E-state index is 0.346. The van der Waals surface area contributed by atoms with Gasteiger partial charge in [-0.1, -0.05) is 6.07 Å². The first-order chi connectivity index (χ1) is 16.5. The first kappa shape index (κ1) is 21.1. The minimum atomic E-state index is 0.346. The van der Waals surface area contributed by atoms with Crippen LogP contribution >= 0.6 is 0 Å². The van der Waals surface area contributed by atoms with Crippen LogP contribution in [0.2, 0.25) is 0 Å². The van der Waals surface area contributed by atoms with E-state index >= 15 is 0 Å². The molecular formula is C26H21N7O. The lowest BCUT2D eigenvalue weighted by Gasteiger charge is -2.14. The molecule has 0 saturated heterocycles. The average molecular weight is 448 g/mol. The largest absolute Gasteiger partial charge is 0.436 e. The summed E-state index contributed by atoms with van der Waals surface area (Å²) in [6.45, 7) is 5.98. The van der Waals surface area contributed by atoms with Crippen LogP contribution in [-0.2, 0) is 0 Å². The molecule has 2 N–H and O–H groups in total. The maximum Gasteiger partial charge on any atom is 0.252 e. The molecule has 5 rings (SSSR count). The van der Waals surface area contributed by atoms with Crippen LogP contribution in [0.3, 0.4) is 0 Å². The zero-order valence-corrected chi connectivity index (χ0v) is 18.9. The van der Waals surface area contributed by atoms with E-state index in [4.69, 9.17) is 10.00 Å². The Morgan fingerprint density at radius 2 is 1.68 bits per heavy atom. The molecule has 0 bridgehead atoms. The number of hydrogen-bond acceptors (Lipinski definition) is 7. The van der Waals surface area contributed by atoms with Gasteiger partial charge in [0.1, 0.15) is 5.75 Å². The predicted molar refractivity (Wildman–Crippen MR) is 130 cm³/mol. The fraction of sp³-hybridized carbons (Fsp3) is 0.115. The number of aryl methyl sites for hydroxylation is 3. The Morgan fingerprint density at radius 3 is 2.35 bits per heavy atom. The van der Waals surface area contributed by atoms with Gasteiger partial charge in [-0.3, -0.25) is 4.98 Å². The molecule has 0 saturated carbocycles. The molecule has 0 aliphatic heterocycles. The van der Waals surface area contributed by atoms with Gasteiger partial charge in [0, 0.05) is 23.1 Å². The average Bonchev–Trinajstić information content (AvgIpc) is 3.31. The molecule has 3 aromatic heterocycles. The van der Waals surface area contributed by atoms with E-state index in [1.165, 1.54) is 0 Å². The topological polar surface area (TPSA) is 112 Å². The molecule has 3 heterocycles. The van der Waals surface area contributed by atoms with Gasteiger partial charge in [-0.2, -0.15) is 15.2 Å². The molecule has 0 unspecified atom stereocenters. The molecule has 2 aromatic carbocycles. The second-order valence-electron chi connectivity index (χ2n) is 8.00. The van der Waals surface area contributed by atoms with Crippen LogP contribution < -0.4 is 10.1 Å². The highest BCUT2D eigenvalue weighted by Crippen LogP contribution is 2.35. The number of imidazole rings is 1. The summed E-state index contributed by atoms with van der Waals surface area (Å²) in [5.41, 5.74) is 7.48. The zero-order chi connectivity index (χ0) is 23.7. The Hall–Kier alpha value is -4.77. The van der Waals surface area contributed by atoms with Gasteiger partial charge in [-0.25, -0.2) is 4.98 Å². The van der Waals surface area contributed by atoms with E-state index in [0.717, 1.165) is 39.4 Å². The number of aromatic nitrogens is 5. The number of pyridine rings is 1. The summed E-state index contributed by atoms with van der Waals surface area (Å²) in [6.07, 6.45) is 3.44. The molecular weight excluding hydrogens is 426 g/mol. The van der Waals surface area contributed by atoms with E-state index in [2.05, 4.69) is 54.5 Å². The fourth-order valence-electron chi connectivity index (χ4n) is 3.71. The Labute approximate surface area is 196 Å². The minimum Gasteiger partial charge on any atom is -0.436 e. The van der Waals surface area contributed by atoms with E-state index in [1.807, 2.05) is 33.0 Å². The number of H-pyrrole nitrogens is 1. The first-order valence-electron chi connectivity index (χ1n) is 10.7. The number of aromatic amines is 1. The van der Waals surface area contributed by atoms with Crippen molar-refractivity contribution in [3.63, 3.8) is 0 Å². The van der Waals surface area contributed by atoms with Gasteiger partial charge >= 0.3 is 0 Å². The number of nitrogens with one attached hydrogen (secondary N) is 2. The lowest BCUT2D eigenvalue weighted by Crippen LogP contribution is -2.01. The summed E-state index contributed by atoms with van der Waals surface area (Å²) >= 11 is 0. The summed E-state index contributed by atoms with van der Waals surface area (Å²) in [7, 11) is 0. The molecule has 0 atom stereocenters. The van der Waals surface area contributed by atoms with Crippen molar-refractivity contribution >= 4 is 22.8 Å². The van der Waals surface area contributed by atoms with Gasteiger partial charge in [0.05, 0.1) is 18.0 Å². The van der Waals surface area contributed by atoms with Crippen LogP contribution in [0, 0.1) is 32.1 Å². The highest BCUT2D eigenvalue weighted by molar-refractivity contribution is 5.78. The predicted octanol–water partition coefficient (Wildman–Crippen LogP) is 5.75. The van der Waals surface area contributed by atoms with Crippen molar-refractivity contribution in [1.29, 1.82) is 5.26 Å². The molecule has 8 heteroatoms. The summed E-state index contributed by atoms with van der Waals surface area (Å²) in [5, 5.41) is 12.2. The van der Waals surface area contributed by atoms with Gasteiger partial charge in [-0.05, 0) is 79.9 Å². The van der Waals surface area contributed by atoms with Crippen LogP contribution in [0.15, 0.2) is 61.1 Å². The van der Waals surface area contributed by atoms with Crippen molar-refractivity contribution in [3.8, 4) is 28.8 Å². The Bertz CT molecular complexity index is 1510. The Balaban J connectivity index is 1.49. The fourth-order valence-corrected chi connectivity index (χ4v) is 3.71. The smallest absolute Gasteiger partial charge is 0.252 e. The van der Waals surface area contributed by atoms with Gasteiger partial charge in [0.2, 0.25) is 5.95 Å². The number of hydrogen-bond donors (Lipinski definition) is 2. The third-order valence-corrected chi connectivity index (χ3v) is 5.42. The second-order valence-corrected chi connectivity index (χ2v) is 8.00. The molecule has 0 fully saturated rings. The van der Waals surface area contributed by atoms with Crippen molar-refractivity contribution in [1.82, 2.24) is 24.9 Å². The van der Waals surface area contributed by atoms with Gasteiger partial charge in [0.15, 0.2) is 11.2 Å². The second kappa shape index (κ2) is 8.64. The van der Waals surface area contributed by atoms with Crippen LogP contribution in [-0.4, -0.2) is 24.9 Å². The monoisotopic (exact) mass is 447 g/mol. The number of nitriles is 1. The lowest BCUT2D eigenvalue weighted by atomic mass is 10.0. The first-order valence-corrected chi connectivity index (χ1v) is 10.7. The SMILES string of the molecule is Cc1ccc(-c2cc(C)c(Oc3nc(Nc4ccc(C#N)cc4)nc4[nH]cnc34)c(C)c2)cn1. The Kier molecular flexibility index (Phi) is 5.36. The van der Waals surface area contributed by atoms with Gasteiger partial charge in [-0.15, -0.1) is 0 Å². The van der Waals surface area contributed by atoms with E-state index in [0.29, 0.717) is 28.6 Å². The summed E-state index contributed by atoms with van der Waals surface area (Å²) in [4.78, 5) is 20.8. The quantitative estimate of drug-likeness (QED) is 0.353.